The number of hydrogen-bond donors (Lipinski definition) is 0. The van der Waals surface area contributed by atoms with Gasteiger partial charge < -0.3 is 0 Å². The Morgan fingerprint density at radius 2 is 0.846 bits per heavy atom. The zero-order valence-electron chi connectivity index (χ0n) is 12.7. The normalized spacial score (nSPS) is 22.3. The molecule has 26 heavy (non-hydrogen) atoms. The molecule has 0 atom stereocenters. The molecule has 1 heterocycles. The highest BCUT2D eigenvalue weighted by Crippen LogP contribution is 2.75. The Labute approximate surface area is 139 Å². The van der Waals surface area contributed by atoms with E-state index in [0.29, 0.717) is 4.67 Å². The van der Waals surface area contributed by atoms with Gasteiger partial charge in [0.05, 0.1) is 0 Å². The minimum atomic E-state index is -7.15. The zero-order valence-corrected chi connectivity index (χ0v) is 13.6. The Bertz CT molecular complexity index is 438. The van der Waals surface area contributed by atoms with Crippen molar-refractivity contribution in [3.05, 3.63) is 0 Å². The van der Waals surface area contributed by atoms with Gasteiger partial charge in [0.1, 0.15) is 0 Å². The predicted molar refractivity (Wildman–Crippen MR) is 61.7 cm³/mol. The van der Waals surface area contributed by atoms with Crippen LogP contribution in [0.25, 0.3) is 0 Å². The average Bonchev–Trinajstić information content (AvgIpc) is 2.77. The van der Waals surface area contributed by atoms with E-state index in [0.717, 1.165) is 13.8 Å². The first kappa shape index (κ1) is 23.5. The van der Waals surface area contributed by atoms with Crippen LogP contribution in [0.15, 0.2) is 0 Å². The number of halogens is 12. The van der Waals surface area contributed by atoms with Crippen LogP contribution in [0.4, 0.5) is 52.7 Å². The van der Waals surface area contributed by atoms with E-state index >= 15 is 0 Å². The van der Waals surface area contributed by atoms with Crippen LogP contribution >= 0.6 is 8.53 Å². The van der Waals surface area contributed by atoms with Crippen LogP contribution in [0.2, 0.25) is 0 Å². The third-order valence-corrected chi connectivity index (χ3v) is 5.37. The zero-order chi connectivity index (χ0) is 21.0. The van der Waals surface area contributed by atoms with E-state index in [1.54, 1.807) is 0 Å². The van der Waals surface area contributed by atoms with Gasteiger partial charge in [0.25, 0.3) is 8.53 Å². The fourth-order valence-corrected chi connectivity index (χ4v) is 4.15. The molecule has 0 radical (unpaired) electrons. The van der Waals surface area contributed by atoms with Crippen molar-refractivity contribution in [2.24, 2.45) is 0 Å². The predicted octanol–water partition coefficient (Wildman–Crippen LogP) is 5.33. The van der Waals surface area contributed by atoms with Gasteiger partial charge in [-0.2, -0.15) is 52.7 Å². The second-order valence-electron chi connectivity index (χ2n) is 4.91. The van der Waals surface area contributed by atoms with Crippen molar-refractivity contribution in [2.45, 2.75) is 49.8 Å². The maximum atomic E-state index is 13.2. The van der Waals surface area contributed by atoms with Crippen molar-refractivity contribution in [2.75, 3.05) is 13.1 Å². The summed E-state index contributed by atoms with van der Waals surface area (Å²) in [5, 5.41) is 0. The van der Waals surface area contributed by atoms with E-state index in [2.05, 4.69) is 9.05 Å². The summed E-state index contributed by atoms with van der Waals surface area (Å²) >= 11 is 0. The largest absolute Gasteiger partial charge is 0.430 e. The molecule has 3 nitrogen and oxygen atoms in total. The van der Waals surface area contributed by atoms with Crippen LogP contribution in [-0.4, -0.2) is 53.7 Å². The van der Waals surface area contributed by atoms with Crippen molar-refractivity contribution in [1.29, 1.82) is 0 Å². The van der Waals surface area contributed by atoms with Gasteiger partial charge in [0, 0.05) is 13.1 Å². The van der Waals surface area contributed by atoms with Gasteiger partial charge >= 0.3 is 35.9 Å². The van der Waals surface area contributed by atoms with Crippen molar-refractivity contribution in [3.63, 3.8) is 0 Å². The fourth-order valence-electron chi connectivity index (χ4n) is 2.28. The summed E-state index contributed by atoms with van der Waals surface area (Å²) < 4.78 is 165. The van der Waals surface area contributed by atoms with Gasteiger partial charge in [-0.05, 0) is 0 Å². The maximum Gasteiger partial charge on any atom is 0.430 e. The second kappa shape index (κ2) is 6.52. The summed E-state index contributed by atoms with van der Waals surface area (Å²) in [5.41, 5.74) is -13.4. The standard InChI is InChI=1S/C10H10F12NO2P/c1-3-23(4-2)26-24-5(7(11,12)13,8(14,15)16)6(25-26,9(17,18)19)10(20,21)22/h3-4H2,1-2H3. The first-order chi connectivity index (χ1) is 11.3. The molecule has 156 valence electrons. The molecule has 0 aromatic heterocycles. The Morgan fingerprint density at radius 3 is 1.00 bits per heavy atom. The Balaban J connectivity index is 3.96. The SMILES string of the molecule is CCN(CC)P1OC(C(F)(F)F)(C(F)(F)F)C(C(F)(F)F)(C(F)(F)F)O1. The molecule has 0 aliphatic carbocycles. The van der Waals surface area contributed by atoms with Crippen molar-refractivity contribution < 1.29 is 61.7 Å². The molecule has 0 bridgehead atoms. The third-order valence-electron chi connectivity index (χ3n) is 3.48. The van der Waals surface area contributed by atoms with Gasteiger partial charge in [-0.3, -0.25) is 9.05 Å². The number of alkyl halides is 12. The molecule has 1 rings (SSSR count). The third kappa shape index (κ3) is 3.04. The smallest absolute Gasteiger partial charge is 0.293 e. The van der Waals surface area contributed by atoms with E-state index in [1.807, 2.05) is 0 Å². The fraction of sp³-hybridized carbons (Fsp3) is 1.00. The first-order valence-corrected chi connectivity index (χ1v) is 7.67. The van der Waals surface area contributed by atoms with Gasteiger partial charge in [-0.25, -0.2) is 4.67 Å². The number of hydrogen-bond acceptors (Lipinski definition) is 3. The number of nitrogens with zero attached hydrogens (tertiary/aromatic N) is 1. The van der Waals surface area contributed by atoms with Gasteiger partial charge in [-0.15, -0.1) is 0 Å². The molecule has 1 fully saturated rings. The molecule has 0 saturated carbocycles. The minimum absolute atomic E-state index is 0.362. The van der Waals surface area contributed by atoms with E-state index in [-0.39, 0.29) is 0 Å². The van der Waals surface area contributed by atoms with Crippen molar-refractivity contribution >= 4 is 8.53 Å². The summed E-state index contributed by atoms with van der Waals surface area (Å²) in [7, 11) is -3.99. The highest BCUT2D eigenvalue weighted by molar-refractivity contribution is 7.45. The lowest BCUT2D eigenvalue weighted by Crippen LogP contribution is -2.79. The van der Waals surface area contributed by atoms with Crippen LogP contribution in [0.5, 0.6) is 0 Å². The molecule has 0 unspecified atom stereocenters. The molecule has 0 spiro atoms. The first-order valence-electron chi connectivity index (χ1n) is 6.54. The topological polar surface area (TPSA) is 21.7 Å². The lowest BCUT2D eigenvalue weighted by Gasteiger charge is -2.44. The van der Waals surface area contributed by atoms with Crippen LogP contribution in [0.1, 0.15) is 13.8 Å². The Morgan fingerprint density at radius 1 is 0.615 bits per heavy atom. The van der Waals surface area contributed by atoms with Gasteiger partial charge in [0.2, 0.25) is 0 Å². The monoisotopic (exact) mass is 435 g/mol. The highest BCUT2D eigenvalue weighted by Gasteiger charge is 2.99. The second-order valence-corrected chi connectivity index (χ2v) is 6.32. The Kier molecular flexibility index (Phi) is 5.89. The summed E-state index contributed by atoms with van der Waals surface area (Å²) in [6, 6.07) is 0. The van der Waals surface area contributed by atoms with Crippen molar-refractivity contribution in [3.8, 4) is 0 Å². The summed E-state index contributed by atoms with van der Waals surface area (Å²) in [6.07, 6.45) is -28.6. The van der Waals surface area contributed by atoms with Gasteiger partial charge in [0.15, 0.2) is 0 Å². The van der Waals surface area contributed by atoms with Crippen LogP contribution < -0.4 is 0 Å². The summed E-state index contributed by atoms with van der Waals surface area (Å²) in [5.74, 6) is 0. The average molecular weight is 435 g/mol. The highest BCUT2D eigenvalue weighted by atomic mass is 31.2. The van der Waals surface area contributed by atoms with E-state index in [1.165, 1.54) is 0 Å². The summed E-state index contributed by atoms with van der Waals surface area (Å²) in [4.78, 5) is 0. The molecule has 1 aliphatic rings. The lowest BCUT2D eigenvalue weighted by atomic mass is 9.79. The van der Waals surface area contributed by atoms with E-state index < -0.39 is 57.5 Å². The molecule has 0 amide bonds. The molecule has 0 aromatic carbocycles. The summed E-state index contributed by atoms with van der Waals surface area (Å²) in [6.45, 7) is 1.09. The minimum Gasteiger partial charge on any atom is -0.293 e. The molecule has 16 heteroatoms. The quantitative estimate of drug-likeness (QED) is 0.442. The lowest BCUT2D eigenvalue weighted by molar-refractivity contribution is -0.464. The molecule has 1 saturated heterocycles. The van der Waals surface area contributed by atoms with Crippen LogP contribution in [-0.2, 0) is 9.05 Å². The molecule has 0 aromatic rings. The van der Waals surface area contributed by atoms with E-state index in [9.17, 15) is 52.7 Å². The van der Waals surface area contributed by atoms with Gasteiger partial charge in [-0.1, -0.05) is 13.8 Å². The van der Waals surface area contributed by atoms with Crippen LogP contribution in [0.3, 0.4) is 0 Å². The maximum absolute atomic E-state index is 13.2. The number of rotatable bonds is 3. The molecular formula is C10H10F12NO2P. The van der Waals surface area contributed by atoms with Crippen LogP contribution in [0, 0.1) is 0 Å². The molecular weight excluding hydrogens is 425 g/mol. The van der Waals surface area contributed by atoms with Crippen molar-refractivity contribution in [1.82, 2.24) is 4.67 Å². The molecule has 1 aliphatic heterocycles. The Hall–Kier alpha value is -0.530. The van der Waals surface area contributed by atoms with E-state index in [4.69, 9.17) is 0 Å². The molecule has 0 N–H and O–H groups in total.